The van der Waals surface area contributed by atoms with Gasteiger partial charge >= 0.3 is 0 Å². The molecule has 1 aromatic heterocycles. The summed E-state index contributed by atoms with van der Waals surface area (Å²) >= 11 is 10.7. The number of aryl methyl sites for hydroxylation is 1. The Hall–Kier alpha value is -0.640. The first kappa shape index (κ1) is 12.8. The fraction of sp³-hybridized carbons (Fsp3) is 0.154. The molecular formula is C13H10BrClOS. The number of rotatable bonds is 3. The molecule has 1 nitrogen and oxygen atoms in total. The molecule has 0 N–H and O–H groups in total. The largest absolute Gasteiger partial charge is 0.294 e. The molecule has 0 aliphatic heterocycles. The second kappa shape index (κ2) is 5.34. The Balaban J connectivity index is 2.22. The number of halogens is 2. The van der Waals surface area contributed by atoms with E-state index >= 15 is 0 Å². The fourth-order valence-electron chi connectivity index (χ4n) is 1.59. The van der Waals surface area contributed by atoms with Crippen LogP contribution < -0.4 is 0 Å². The van der Waals surface area contributed by atoms with E-state index in [0.717, 1.165) is 24.8 Å². The summed E-state index contributed by atoms with van der Waals surface area (Å²) in [7, 11) is 0. The van der Waals surface area contributed by atoms with Crippen LogP contribution in [-0.4, -0.2) is 5.78 Å². The van der Waals surface area contributed by atoms with E-state index < -0.39 is 0 Å². The summed E-state index contributed by atoms with van der Waals surface area (Å²) in [5, 5.41) is 0. The van der Waals surface area contributed by atoms with Crippen molar-refractivity contribution >= 4 is 44.7 Å². The average Bonchev–Trinajstić information content (AvgIpc) is 2.67. The lowest BCUT2D eigenvalue weighted by Crippen LogP contribution is -2.04. The topological polar surface area (TPSA) is 17.1 Å². The Kier molecular flexibility index (Phi) is 4.02. The van der Waals surface area contributed by atoms with Crippen LogP contribution in [0.2, 0.25) is 4.34 Å². The maximum Gasteiger partial charge on any atom is 0.168 e. The quantitative estimate of drug-likeness (QED) is 0.732. The van der Waals surface area contributed by atoms with Crippen molar-refractivity contribution in [3.8, 4) is 0 Å². The van der Waals surface area contributed by atoms with Gasteiger partial charge in [-0.2, -0.15) is 0 Å². The van der Waals surface area contributed by atoms with Crippen molar-refractivity contribution in [1.29, 1.82) is 0 Å². The normalized spacial score (nSPS) is 10.5. The van der Waals surface area contributed by atoms with Crippen LogP contribution in [0.1, 0.15) is 20.8 Å². The molecule has 2 aromatic rings. The summed E-state index contributed by atoms with van der Waals surface area (Å²) in [4.78, 5) is 13.1. The zero-order valence-electron chi connectivity index (χ0n) is 9.17. The van der Waals surface area contributed by atoms with Gasteiger partial charge in [0, 0.05) is 21.3 Å². The molecule has 1 heterocycles. The van der Waals surface area contributed by atoms with E-state index in [1.165, 1.54) is 11.3 Å². The first-order chi connectivity index (χ1) is 8.06. The molecule has 1 aromatic carbocycles. The number of Topliss-reactive ketones (excluding diaryl/α,β-unsaturated/α-hetero) is 1. The maximum absolute atomic E-state index is 12.1. The lowest BCUT2D eigenvalue weighted by Gasteiger charge is -2.04. The van der Waals surface area contributed by atoms with Crippen LogP contribution in [0.4, 0.5) is 0 Å². The van der Waals surface area contributed by atoms with Gasteiger partial charge in [-0.1, -0.05) is 33.6 Å². The van der Waals surface area contributed by atoms with Gasteiger partial charge in [-0.3, -0.25) is 4.79 Å². The van der Waals surface area contributed by atoms with Crippen LogP contribution in [0.3, 0.4) is 0 Å². The van der Waals surface area contributed by atoms with Crippen LogP contribution in [0.5, 0.6) is 0 Å². The van der Waals surface area contributed by atoms with E-state index in [1.807, 2.05) is 37.3 Å². The molecule has 0 amide bonds. The summed E-state index contributed by atoms with van der Waals surface area (Å²) < 4.78 is 1.65. The van der Waals surface area contributed by atoms with Gasteiger partial charge in [0.05, 0.1) is 4.34 Å². The second-order valence-electron chi connectivity index (χ2n) is 3.77. The first-order valence-electron chi connectivity index (χ1n) is 5.10. The number of hydrogen-bond donors (Lipinski definition) is 0. The molecule has 88 valence electrons. The average molecular weight is 330 g/mol. The highest BCUT2D eigenvalue weighted by atomic mass is 79.9. The SMILES string of the molecule is Cc1ccc(Br)cc1C(=O)Cc1ccc(Cl)s1. The maximum atomic E-state index is 12.1. The van der Waals surface area contributed by atoms with Crippen molar-refractivity contribution in [1.82, 2.24) is 0 Å². The van der Waals surface area contributed by atoms with Gasteiger partial charge in [0.2, 0.25) is 0 Å². The van der Waals surface area contributed by atoms with E-state index in [1.54, 1.807) is 0 Å². The van der Waals surface area contributed by atoms with Crippen molar-refractivity contribution in [2.24, 2.45) is 0 Å². The second-order valence-corrected chi connectivity index (χ2v) is 6.48. The number of hydrogen-bond acceptors (Lipinski definition) is 2. The van der Waals surface area contributed by atoms with Crippen LogP contribution in [0.25, 0.3) is 0 Å². The lowest BCUT2D eigenvalue weighted by molar-refractivity contribution is 0.0993. The molecule has 2 rings (SSSR count). The highest BCUT2D eigenvalue weighted by Gasteiger charge is 2.11. The zero-order valence-corrected chi connectivity index (χ0v) is 12.3. The third kappa shape index (κ3) is 3.18. The molecule has 0 bridgehead atoms. The van der Waals surface area contributed by atoms with Crippen molar-refractivity contribution < 1.29 is 4.79 Å². The van der Waals surface area contributed by atoms with Crippen molar-refractivity contribution in [2.45, 2.75) is 13.3 Å². The molecule has 0 fully saturated rings. The third-order valence-electron chi connectivity index (χ3n) is 2.46. The summed E-state index contributed by atoms with van der Waals surface area (Å²) in [6.07, 6.45) is 0.411. The van der Waals surface area contributed by atoms with E-state index in [-0.39, 0.29) is 5.78 Å². The number of carbonyl (C=O) groups is 1. The first-order valence-corrected chi connectivity index (χ1v) is 7.08. The highest BCUT2D eigenvalue weighted by Crippen LogP contribution is 2.24. The highest BCUT2D eigenvalue weighted by molar-refractivity contribution is 9.10. The van der Waals surface area contributed by atoms with E-state index in [0.29, 0.717) is 6.42 Å². The van der Waals surface area contributed by atoms with Crippen LogP contribution >= 0.6 is 38.9 Å². The summed E-state index contributed by atoms with van der Waals surface area (Å²) in [5.74, 6) is 0.127. The van der Waals surface area contributed by atoms with Crippen molar-refractivity contribution in [2.75, 3.05) is 0 Å². The van der Waals surface area contributed by atoms with E-state index in [4.69, 9.17) is 11.6 Å². The molecule has 0 spiro atoms. The molecule has 17 heavy (non-hydrogen) atoms. The number of ketones is 1. The molecule has 0 radical (unpaired) electrons. The predicted octanol–water partition coefficient (Wildman–Crippen LogP) is 4.90. The molecule has 0 saturated carbocycles. The molecule has 0 aliphatic rings. The van der Waals surface area contributed by atoms with Crippen LogP contribution in [0.15, 0.2) is 34.8 Å². The Morgan fingerprint density at radius 1 is 1.35 bits per heavy atom. The minimum Gasteiger partial charge on any atom is -0.294 e. The minimum absolute atomic E-state index is 0.127. The molecule has 0 atom stereocenters. The Bertz CT molecular complexity index is 562. The minimum atomic E-state index is 0.127. The van der Waals surface area contributed by atoms with Gasteiger partial charge in [0.25, 0.3) is 0 Å². The van der Waals surface area contributed by atoms with Gasteiger partial charge in [-0.05, 0) is 36.8 Å². The number of benzene rings is 1. The van der Waals surface area contributed by atoms with Gasteiger partial charge < -0.3 is 0 Å². The molecule has 0 unspecified atom stereocenters. The Morgan fingerprint density at radius 3 is 2.76 bits per heavy atom. The molecule has 0 aliphatic carbocycles. The van der Waals surface area contributed by atoms with Crippen molar-refractivity contribution in [3.63, 3.8) is 0 Å². The summed E-state index contributed by atoms with van der Waals surface area (Å²) in [6, 6.07) is 9.47. The standard InChI is InChI=1S/C13H10BrClOS/c1-8-2-3-9(14)6-11(8)12(16)7-10-4-5-13(15)17-10/h2-6H,7H2,1H3. The third-order valence-corrected chi connectivity index (χ3v) is 4.19. The van der Waals surface area contributed by atoms with Crippen molar-refractivity contribution in [3.05, 3.63) is 55.1 Å². The monoisotopic (exact) mass is 328 g/mol. The lowest BCUT2D eigenvalue weighted by atomic mass is 10.0. The number of thiophene rings is 1. The van der Waals surface area contributed by atoms with Crippen LogP contribution in [-0.2, 0) is 6.42 Å². The smallest absolute Gasteiger partial charge is 0.168 e. The predicted molar refractivity (Wildman–Crippen MR) is 76.2 cm³/mol. The van der Waals surface area contributed by atoms with Gasteiger partial charge in [0.15, 0.2) is 5.78 Å². The van der Waals surface area contributed by atoms with Gasteiger partial charge in [-0.25, -0.2) is 0 Å². The van der Waals surface area contributed by atoms with Crippen LogP contribution in [0, 0.1) is 6.92 Å². The number of carbonyl (C=O) groups excluding carboxylic acids is 1. The van der Waals surface area contributed by atoms with E-state index in [9.17, 15) is 4.79 Å². The van der Waals surface area contributed by atoms with Gasteiger partial charge in [-0.15, -0.1) is 11.3 Å². The molecule has 0 saturated heterocycles. The van der Waals surface area contributed by atoms with Gasteiger partial charge in [0.1, 0.15) is 0 Å². The molecular weight excluding hydrogens is 320 g/mol. The Morgan fingerprint density at radius 2 is 2.12 bits per heavy atom. The summed E-state index contributed by atoms with van der Waals surface area (Å²) in [6.45, 7) is 1.95. The summed E-state index contributed by atoms with van der Waals surface area (Å²) in [5.41, 5.74) is 1.77. The zero-order chi connectivity index (χ0) is 12.4. The van der Waals surface area contributed by atoms with E-state index in [2.05, 4.69) is 15.9 Å². The fourth-order valence-corrected chi connectivity index (χ4v) is 3.04. The molecule has 4 heteroatoms. The Labute approximate surface area is 118 Å².